The third-order valence-corrected chi connectivity index (χ3v) is 5.16. The van der Waals surface area contributed by atoms with Gasteiger partial charge in [0.15, 0.2) is 5.13 Å². The van der Waals surface area contributed by atoms with Crippen LogP contribution in [0.4, 0.5) is 5.13 Å². The zero-order chi connectivity index (χ0) is 17.1. The van der Waals surface area contributed by atoms with Crippen molar-refractivity contribution in [2.24, 2.45) is 0 Å². The summed E-state index contributed by atoms with van der Waals surface area (Å²) in [6.07, 6.45) is 3.28. The Morgan fingerprint density at radius 2 is 1.68 bits per heavy atom. The summed E-state index contributed by atoms with van der Waals surface area (Å²) in [5, 5.41) is 3.59. The van der Waals surface area contributed by atoms with Gasteiger partial charge < -0.3 is 0 Å². The Kier molecular flexibility index (Phi) is 4.32. The van der Waals surface area contributed by atoms with Crippen molar-refractivity contribution in [1.29, 1.82) is 0 Å². The van der Waals surface area contributed by atoms with E-state index in [1.165, 1.54) is 11.3 Å². The number of hydrogen-bond donors (Lipinski definition) is 1. The smallest absolute Gasteiger partial charge is 0.257 e. The van der Waals surface area contributed by atoms with Crippen molar-refractivity contribution in [3.8, 4) is 11.8 Å². The Morgan fingerprint density at radius 3 is 2.40 bits per heavy atom. The number of aryl methyl sites for hydroxylation is 2. The Hall–Kier alpha value is -2.90. The van der Waals surface area contributed by atoms with Gasteiger partial charge in [0.2, 0.25) is 0 Å². The molecule has 2 aromatic carbocycles. The lowest BCUT2D eigenvalue weighted by atomic mass is 10.1. The maximum atomic E-state index is 12.4. The van der Waals surface area contributed by atoms with Crippen molar-refractivity contribution in [2.75, 3.05) is 5.32 Å². The van der Waals surface area contributed by atoms with E-state index in [0.717, 1.165) is 29.7 Å². The van der Waals surface area contributed by atoms with E-state index >= 15 is 0 Å². The van der Waals surface area contributed by atoms with Gasteiger partial charge in [-0.1, -0.05) is 30.0 Å². The largest absolute Gasteiger partial charge is 0.298 e. The standard InChI is InChI=1S/C21H16N2OS/c24-20(23-21-22-18-7-4-8-19(18)25-21)17-13-11-16(12-14-17)10-9-15-5-2-1-3-6-15/h1-3,5-6,11-14H,4,7-8H2,(H,22,23,24). The van der Waals surface area contributed by atoms with Crippen LogP contribution in [0.2, 0.25) is 0 Å². The monoisotopic (exact) mass is 344 g/mol. The average Bonchev–Trinajstić information content (AvgIpc) is 3.23. The average molecular weight is 344 g/mol. The summed E-state index contributed by atoms with van der Waals surface area (Å²) in [5.74, 6) is 6.09. The van der Waals surface area contributed by atoms with Gasteiger partial charge in [-0.05, 0) is 55.7 Å². The molecule has 1 amide bonds. The van der Waals surface area contributed by atoms with Crippen molar-refractivity contribution in [3.63, 3.8) is 0 Å². The number of aromatic nitrogens is 1. The first kappa shape index (κ1) is 15.6. The van der Waals surface area contributed by atoms with Crippen LogP contribution in [0.1, 0.15) is 38.5 Å². The molecule has 1 N–H and O–H groups in total. The van der Waals surface area contributed by atoms with E-state index in [1.807, 2.05) is 42.5 Å². The summed E-state index contributed by atoms with van der Waals surface area (Å²) >= 11 is 1.59. The number of anilines is 1. The molecule has 1 heterocycles. The molecule has 0 spiro atoms. The van der Waals surface area contributed by atoms with Crippen LogP contribution in [-0.4, -0.2) is 10.9 Å². The van der Waals surface area contributed by atoms with Gasteiger partial charge in [-0.15, -0.1) is 11.3 Å². The van der Waals surface area contributed by atoms with Gasteiger partial charge in [0, 0.05) is 21.6 Å². The summed E-state index contributed by atoms with van der Waals surface area (Å²) in [5.41, 5.74) is 3.61. The predicted molar refractivity (Wildman–Crippen MR) is 101 cm³/mol. The molecule has 0 radical (unpaired) electrons. The molecule has 3 aromatic rings. The molecule has 1 aliphatic carbocycles. The first-order valence-corrected chi connectivity index (χ1v) is 9.07. The van der Waals surface area contributed by atoms with Crippen molar-refractivity contribution in [3.05, 3.63) is 81.9 Å². The minimum absolute atomic E-state index is 0.130. The molecule has 0 unspecified atom stereocenters. The molecule has 0 fully saturated rings. The molecule has 3 nitrogen and oxygen atoms in total. The zero-order valence-electron chi connectivity index (χ0n) is 13.6. The number of rotatable bonds is 2. The van der Waals surface area contributed by atoms with Gasteiger partial charge in [0.05, 0.1) is 5.69 Å². The highest BCUT2D eigenvalue weighted by Gasteiger charge is 2.18. The molecule has 0 aliphatic heterocycles. The number of hydrogen-bond acceptors (Lipinski definition) is 3. The molecule has 0 atom stereocenters. The maximum Gasteiger partial charge on any atom is 0.257 e. The summed E-state index contributed by atoms with van der Waals surface area (Å²) in [6, 6.07) is 17.2. The fourth-order valence-electron chi connectivity index (χ4n) is 2.78. The lowest BCUT2D eigenvalue weighted by Gasteiger charge is -2.02. The Balaban J connectivity index is 1.44. The number of thiazole rings is 1. The second-order valence-electron chi connectivity index (χ2n) is 5.89. The molecule has 0 saturated carbocycles. The molecule has 0 saturated heterocycles. The van der Waals surface area contributed by atoms with Gasteiger partial charge >= 0.3 is 0 Å². The Morgan fingerprint density at radius 1 is 0.960 bits per heavy atom. The molecule has 1 aromatic heterocycles. The van der Waals surface area contributed by atoms with E-state index in [-0.39, 0.29) is 5.91 Å². The maximum absolute atomic E-state index is 12.4. The van der Waals surface area contributed by atoms with E-state index in [1.54, 1.807) is 23.5 Å². The van der Waals surface area contributed by atoms with Crippen LogP contribution < -0.4 is 5.32 Å². The van der Waals surface area contributed by atoms with Crippen LogP contribution in [-0.2, 0) is 12.8 Å². The van der Waals surface area contributed by atoms with E-state index in [0.29, 0.717) is 10.7 Å². The van der Waals surface area contributed by atoms with Gasteiger partial charge in [-0.2, -0.15) is 0 Å². The summed E-state index contributed by atoms with van der Waals surface area (Å²) in [6.45, 7) is 0. The number of nitrogens with one attached hydrogen (secondary N) is 1. The number of fused-ring (bicyclic) bond motifs is 1. The molecule has 0 bridgehead atoms. The Labute approximate surface area is 150 Å². The van der Waals surface area contributed by atoms with Crippen LogP contribution in [0.5, 0.6) is 0 Å². The van der Waals surface area contributed by atoms with Crippen molar-refractivity contribution in [1.82, 2.24) is 4.98 Å². The van der Waals surface area contributed by atoms with Crippen LogP contribution in [0.3, 0.4) is 0 Å². The zero-order valence-corrected chi connectivity index (χ0v) is 14.4. The first-order chi connectivity index (χ1) is 12.3. The molecule has 25 heavy (non-hydrogen) atoms. The minimum atomic E-state index is -0.130. The van der Waals surface area contributed by atoms with Crippen molar-refractivity contribution < 1.29 is 4.79 Å². The number of amides is 1. The van der Waals surface area contributed by atoms with Gasteiger partial charge in [-0.25, -0.2) is 4.98 Å². The third kappa shape index (κ3) is 3.62. The lowest BCUT2D eigenvalue weighted by molar-refractivity contribution is 0.102. The van der Waals surface area contributed by atoms with Gasteiger partial charge in [-0.3, -0.25) is 10.1 Å². The lowest BCUT2D eigenvalue weighted by Crippen LogP contribution is -2.11. The fourth-order valence-corrected chi connectivity index (χ4v) is 3.83. The van der Waals surface area contributed by atoms with E-state index < -0.39 is 0 Å². The molecule has 122 valence electrons. The molecule has 1 aliphatic rings. The highest BCUT2D eigenvalue weighted by atomic mass is 32.1. The van der Waals surface area contributed by atoms with Crippen LogP contribution in [0, 0.1) is 11.8 Å². The normalized spacial score (nSPS) is 12.2. The van der Waals surface area contributed by atoms with Crippen LogP contribution >= 0.6 is 11.3 Å². The molecular formula is C21H16N2OS. The molecule has 4 heteroatoms. The minimum Gasteiger partial charge on any atom is -0.298 e. The highest BCUT2D eigenvalue weighted by molar-refractivity contribution is 7.16. The predicted octanol–water partition coefficient (Wildman–Crippen LogP) is 4.28. The number of carbonyl (C=O) groups excluding carboxylic acids is 1. The van der Waals surface area contributed by atoms with Gasteiger partial charge in [0.1, 0.15) is 0 Å². The summed E-state index contributed by atoms with van der Waals surface area (Å²) < 4.78 is 0. The van der Waals surface area contributed by atoms with Crippen LogP contribution in [0.15, 0.2) is 54.6 Å². The van der Waals surface area contributed by atoms with E-state index in [2.05, 4.69) is 22.1 Å². The highest BCUT2D eigenvalue weighted by Crippen LogP contribution is 2.30. The Bertz CT molecular complexity index is 941. The van der Waals surface area contributed by atoms with Crippen molar-refractivity contribution >= 4 is 22.4 Å². The summed E-state index contributed by atoms with van der Waals surface area (Å²) in [7, 11) is 0. The summed E-state index contributed by atoms with van der Waals surface area (Å²) in [4.78, 5) is 18.2. The number of carbonyl (C=O) groups is 1. The SMILES string of the molecule is O=C(Nc1nc2c(s1)CCC2)c1ccc(C#Cc2ccccc2)cc1. The molecule has 4 rings (SSSR count). The quantitative estimate of drug-likeness (QED) is 0.705. The number of nitrogens with zero attached hydrogens (tertiary/aromatic N) is 1. The molecular weight excluding hydrogens is 328 g/mol. The van der Waals surface area contributed by atoms with Crippen molar-refractivity contribution in [2.45, 2.75) is 19.3 Å². The third-order valence-electron chi connectivity index (χ3n) is 4.09. The van der Waals surface area contributed by atoms with Crippen LogP contribution in [0.25, 0.3) is 0 Å². The second kappa shape index (κ2) is 6.92. The fraction of sp³-hybridized carbons (Fsp3) is 0.143. The second-order valence-corrected chi connectivity index (χ2v) is 6.97. The van der Waals surface area contributed by atoms with Gasteiger partial charge in [0.25, 0.3) is 5.91 Å². The number of benzene rings is 2. The topological polar surface area (TPSA) is 42.0 Å². The van der Waals surface area contributed by atoms with E-state index in [9.17, 15) is 4.79 Å². The van der Waals surface area contributed by atoms with E-state index in [4.69, 9.17) is 0 Å². The first-order valence-electron chi connectivity index (χ1n) is 8.25.